The maximum Gasteiger partial charge on any atom is 0.251 e. The summed E-state index contributed by atoms with van der Waals surface area (Å²) in [5.41, 5.74) is 2.55. The van der Waals surface area contributed by atoms with Gasteiger partial charge in [-0.25, -0.2) is 13.8 Å². The lowest BCUT2D eigenvalue weighted by atomic mass is 10.0. The molecule has 1 aliphatic heterocycles. The third kappa shape index (κ3) is 2.98. The molecule has 0 radical (unpaired) electrons. The van der Waals surface area contributed by atoms with Gasteiger partial charge in [0, 0.05) is 12.2 Å². The largest absolute Gasteiger partial charge is 0.371 e. The van der Waals surface area contributed by atoms with Crippen molar-refractivity contribution in [3.63, 3.8) is 0 Å². The quantitative estimate of drug-likeness (QED) is 0.768. The van der Waals surface area contributed by atoms with Gasteiger partial charge in [0.2, 0.25) is 0 Å². The molecule has 5 nitrogen and oxygen atoms in total. The number of rotatable bonds is 3. The first-order valence-electron chi connectivity index (χ1n) is 7.92. The Bertz CT molecular complexity index is 941. The molecule has 0 saturated carbocycles. The summed E-state index contributed by atoms with van der Waals surface area (Å²) in [5, 5.41) is 2.92. The van der Waals surface area contributed by atoms with Crippen LogP contribution in [0.25, 0.3) is 11.0 Å². The van der Waals surface area contributed by atoms with Crippen molar-refractivity contribution in [1.29, 1.82) is 0 Å². The van der Waals surface area contributed by atoms with E-state index in [1.165, 1.54) is 6.07 Å². The summed E-state index contributed by atoms with van der Waals surface area (Å²) in [5.74, 6) is -2.09. The van der Waals surface area contributed by atoms with Crippen molar-refractivity contribution < 1.29 is 18.3 Å². The summed E-state index contributed by atoms with van der Waals surface area (Å²) in [6.07, 6.45) is 1.66. The van der Waals surface area contributed by atoms with Gasteiger partial charge in [-0.05, 0) is 42.3 Å². The van der Waals surface area contributed by atoms with Crippen LogP contribution in [-0.4, -0.2) is 28.5 Å². The molecule has 7 heteroatoms. The van der Waals surface area contributed by atoms with Crippen LogP contribution in [0.2, 0.25) is 0 Å². The van der Waals surface area contributed by atoms with E-state index in [4.69, 9.17) is 4.74 Å². The number of aromatic amines is 1. The average Bonchev–Trinajstić information content (AvgIpc) is 3.25. The Labute approximate surface area is 142 Å². The minimum absolute atomic E-state index is 0.250. The van der Waals surface area contributed by atoms with Crippen molar-refractivity contribution in [1.82, 2.24) is 15.3 Å². The minimum atomic E-state index is -0.928. The molecule has 128 valence electrons. The Morgan fingerprint density at radius 3 is 2.92 bits per heavy atom. The van der Waals surface area contributed by atoms with Crippen molar-refractivity contribution in [2.45, 2.75) is 18.6 Å². The summed E-state index contributed by atoms with van der Waals surface area (Å²) in [6.45, 7) is 0.439. The summed E-state index contributed by atoms with van der Waals surface area (Å²) < 4.78 is 32.2. The van der Waals surface area contributed by atoms with E-state index >= 15 is 0 Å². The standard InChI is InChI=1S/C18H15F2N3O2/c19-12-3-1-10(7-13(12)20)17-15(5-6-25-17)23-18(24)11-2-4-14-16(8-11)22-9-21-14/h1-4,7-9,15,17H,5-6H2,(H,21,22)(H,23,24)/t15-,17+/m1/s1. The number of hydrogen-bond donors (Lipinski definition) is 2. The molecule has 1 amide bonds. The molecule has 1 aliphatic rings. The van der Waals surface area contributed by atoms with Crippen molar-refractivity contribution in [3.8, 4) is 0 Å². The van der Waals surface area contributed by atoms with Gasteiger partial charge in [-0.1, -0.05) is 6.07 Å². The number of imidazole rings is 1. The number of carbonyl (C=O) groups excluding carboxylic acids is 1. The number of halogens is 2. The first-order chi connectivity index (χ1) is 12.1. The number of fused-ring (bicyclic) bond motifs is 1. The second-order valence-electron chi connectivity index (χ2n) is 5.97. The van der Waals surface area contributed by atoms with E-state index in [0.29, 0.717) is 24.2 Å². The van der Waals surface area contributed by atoms with Gasteiger partial charge in [-0.15, -0.1) is 0 Å². The third-order valence-electron chi connectivity index (χ3n) is 4.36. The van der Waals surface area contributed by atoms with Crippen LogP contribution in [0.4, 0.5) is 8.78 Å². The fourth-order valence-corrected chi connectivity index (χ4v) is 3.08. The third-order valence-corrected chi connectivity index (χ3v) is 4.36. The van der Waals surface area contributed by atoms with Crippen LogP contribution in [0, 0.1) is 11.6 Å². The van der Waals surface area contributed by atoms with Crippen molar-refractivity contribution in [2.24, 2.45) is 0 Å². The molecule has 1 fully saturated rings. The van der Waals surface area contributed by atoms with Gasteiger partial charge in [-0.3, -0.25) is 4.79 Å². The number of carbonyl (C=O) groups is 1. The van der Waals surface area contributed by atoms with Gasteiger partial charge in [0.25, 0.3) is 5.91 Å². The molecular weight excluding hydrogens is 328 g/mol. The van der Waals surface area contributed by atoms with E-state index in [1.54, 1.807) is 24.5 Å². The number of aromatic nitrogens is 2. The number of benzene rings is 2. The van der Waals surface area contributed by atoms with Gasteiger partial charge in [0.15, 0.2) is 11.6 Å². The van der Waals surface area contributed by atoms with Gasteiger partial charge < -0.3 is 15.0 Å². The lowest BCUT2D eigenvalue weighted by Crippen LogP contribution is -2.36. The Morgan fingerprint density at radius 1 is 1.20 bits per heavy atom. The van der Waals surface area contributed by atoms with Crippen LogP contribution in [0.3, 0.4) is 0 Å². The number of nitrogens with one attached hydrogen (secondary N) is 2. The number of ether oxygens (including phenoxy) is 1. The lowest BCUT2D eigenvalue weighted by Gasteiger charge is -2.20. The summed E-state index contributed by atoms with van der Waals surface area (Å²) in [4.78, 5) is 19.6. The lowest BCUT2D eigenvalue weighted by molar-refractivity contribution is 0.0820. The maximum absolute atomic E-state index is 13.5. The zero-order valence-corrected chi connectivity index (χ0v) is 13.1. The van der Waals surface area contributed by atoms with Crippen LogP contribution >= 0.6 is 0 Å². The van der Waals surface area contributed by atoms with Gasteiger partial charge in [0.1, 0.15) is 6.10 Å². The van der Waals surface area contributed by atoms with Crippen LogP contribution in [-0.2, 0) is 4.74 Å². The molecule has 1 saturated heterocycles. The topological polar surface area (TPSA) is 67.0 Å². The van der Waals surface area contributed by atoms with Crippen LogP contribution in [0.1, 0.15) is 28.4 Å². The molecule has 0 spiro atoms. The van der Waals surface area contributed by atoms with E-state index < -0.39 is 17.7 Å². The maximum atomic E-state index is 13.5. The second-order valence-corrected chi connectivity index (χ2v) is 5.97. The van der Waals surface area contributed by atoms with Crippen LogP contribution in [0.5, 0.6) is 0 Å². The van der Waals surface area contributed by atoms with Crippen LogP contribution in [0.15, 0.2) is 42.7 Å². The van der Waals surface area contributed by atoms with E-state index in [1.807, 2.05) is 0 Å². The first-order valence-corrected chi connectivity index (χ1v) is 7.92. The Hall–Kier alpha value is -2.80. The highest BCUT2D eigenvalue weighted by atomic mass is 19.2. The zero-order valence-electron chi connectivity index (χ0n) is 13.1. The molecular formula is C18H15F2N3O2. The first kappa shape index (κ1) is 15.7. The van der Waals surface area contributed by atoms with Gasteiger partial charge >= 0.3 is 0 Å². The van der Waals surface area contributed by atoms with E-state index in [0.717, 1.165) is 23.2 Å². The van der Waals surface area contributed by atoms with Crippen molar-refractivity contribution in [3.05, 3.63) is 65.5 Å². The molecule has 25 heavy (non-hydrogen) atoms. The Balaban J connectivity index is 1.54. The molecule has 4 rings (SSSR count). The highest BCUT2D eigenvalue weighted by Gasteiger charge is 2.31. The summed E-state index contributed by atoms with van der Waals surface area (Å²) in [7, 11) is 0. The summed E-state index contributed by atoms with van der Waals surface area (Å²) in [6, 6.07) is 8.53. The molecule has 1 aromatic heterocycles. The Kier molecular flexibility index (Phi) is 3.93. The molecule has 0 bridgehead atoms. The molecule has 2 aromatic carbocycles. The number of H-pyrrole nitrogens is 1. The van der Waals surface area contributed by atoms with Crippen molar-refractivity contribution in [2.75, 3.05) is 6.61 Å². The molecule has 2 atom stereocenters. The van der Waals surface area contributed by atoms with Crippen molar-refractivity contribution >= 4 is 16.9 Å². The van der Waals surface area contributed by atoms with E-state index in [-0.39, 0.29) is 11.9 Å². The molecule has 3 aromatic rings. The molecule has 0 unspecified atom stereocenters. The monoisotopic (exact) mass is 343 g/mol. The molecule has 2 heterocycles. The fourth-order valence-electron chi connectivity index (χ4n) is 3.08. The highest BCUT2D eigenvalue weighted by Crippen LogP contribution is 2.30. The SMILES string of the molecule is O=C(N[C@@H]1CCO[C@H]1c1ccc(F)c(F)c1)c1ccc2nc[nH]c2c1. The summed E-state index contributed by atoms with van der Waals surface area (Å²) >= 11 is 0. The second kappa shape index (κ2) is 6.25. The number of nitrogens with zero attached hydrogens (tertiary/aromatic N) is 1. The Morgan fingerprint density at radius 2 is 2.08 bits per heavy atom. The van der Waals surface area contributed by atoms with Crippen LogP contribution < -0.4 is 5.32 Å². The van der Waals surface area contributed by atoms with Gasteiger partial charge in [0.05, 0.1) is 23.4 Å². The highest BCUT2D eigenvalue weighted by molar-refractivity contribution is 5.97. The van der Waals surface area contributed by atoms with E-state index in [2.05, 4.69) is 15.3 Å². The zero-order chi connectivity index (χ0) is 17.4. The predicted molar refractivity (Wildman–Crippen MR) is 87.0 cm³/mol. The predicted octanol–water partition coefficient (Wildman–Crippen LogP) is 3.10. The smallest absolute Gasteiger partial charge is 0.251 e. The molecule has 2 N–H and O–H groups in total. The fraction of sp³-hybridized carbons (Fsp3) is 0.222. The normalized spacial score (nSPS) is 20.1. The molecule has 0 aliphatic carbocycles. The minimum Gasteiger partial charge on any atom is -0.371 e. The van der Waals surface area contributed by atoms with E-state index in [9.17, 15) is 13.6 Å². The number of hydrogen-bond acceptors (Lipinski definition) is 3. The van der Waals surface area contributed by atoms with Gasteiger partial charge in [-0.2, -0.15) is 0 Å². The average molecular weight is 343 g/mol. The number of amides is 1.